The van der Waals surface area contributed by atoms with Gasteiger partial charge in [-0.05, 0) is 43.2 Å². The number of hydrogen-bond acceptors (Lipinski definition) is 1. The van der Waals surface area contributed by atoms with Gasteiger partial charge in [0.1, 0.15) is 0 Å². The van der Waals surface area contributed by atoms with Gasteiger partial charge in [0, 0.05) is 11.7 Å². The largest absolute Gasteiger partial charge is 0.309 e. The highest BCUT2D eigenvalue weighted by Crippen LogP contribution is 2.35. The van der Waals surface area contributed by atoms with Crippen LogP contribution in [0.25, 0.3) is 10.8 Å². The van der Waals surface area contributed by atoms with Gasteiger partial charge >= 0.3 is 0 Å². The maximum absolute atomic E-state index is 12.6. The summed E-state index contributed by atoms with van der Waals surface area (Å²) in [4.78, 5) is 12.6. The van der Waals surface area contributed by atoms with Crippen LogP contribution in [0.15, 0.2) is 29.1 Å². The Kier molecular flexibility index (Phi) is 2.32. The normalized spacial score (nSPS) is 15.4. The molecule has 1 fully saturated rings. The zero-order valence-corrected chi connectivity index (χ0v) is 10.4. The van der Waals surface area contributed by atoms with Crippen molar-refractivity contribution in [2.24, 2.45) is 0 Å². The molecule has 2 heteroatoms. The Labute approximate surface area is 101 Å². The highest BCUT2D eigenvalue weighted by molar-refractivity contribution is 5.85. The summed E-state index contributed by atoms with van der Waals surface area (Å²) in [7, 11) is 0. The average Bonchev–Trinajstić information content (AvgIpc) is 3.12. The molecule has 3 rings (SSSR count). The molecule has 2 nitrogen and oxygen atoms in total. The molecular weight excluding hydrogens is 210 g/mol. The quantitative estimate of drug-likeness (QED) is 0.772. The summed E-state index contributed by atoms with van der Waals surface area (Å²) in [6.45, 7) is 4.14. The van der Waals surface area contributed by atoms with Crippen molar-refractivity contribution in [3.05, 3.63) is 45.9 Å². The number of aromatic nitrogens is 1. The van der Waals surface area contributed by atoms with Crippen LogP contribution in [0, 0.1) is 6.92 Å². The highest BCUT2D eigenvalue weighted by atomic mass is 16.1. The van der Waals surface area contributed by atoms with Gasteiger partial charge in [0.2, 0.25) is 0 Å². The fourth-order valence-electron chi connectivity index (χ4n) is 2.61. The summed E-state index contributed by atoms with van der Waals surface area (Å²) >= 11 is 0. The predicted octanol–water partition coefficient (Wildman–Crippen LogP) is 3.21. The van der Waals surface area contributed by atoms with Gasteiger partial charge in [-0.1, -0.05) is 25.1 Å². The van der Waals surface area contributed by atoms with Crippen LogP contribution in [0.4, 0.5) is 0 Å². The van der Waals surface area contributed by atoms with Gasteiger partial charge in [-0.3, -0.25) is 4.79 Å². The van der Waals surface area contributed by atoms with Crippen molar-refractivity contribution in [2.75, 3.05) is 0 Å². The van der Waals surface area contributed by atoms with Crippen LogP contribution in [0.2, 0.25) is 0 Å². The first-order valence-electron chi connectivity index (χ1n) is 6.36. The molecule has 0 unspecified atom stereocenters. The lowest BCUT2D eigenvalue weighted by Crippen LogP contribution is -2.23. The molecule has 1 saturated carbocycles. The summed E-state index contributed by atoms with van der Waals surface area (Å²) in [5.74, 6) is 0. The molecule has 0 spiro atoms. The molecule has 88 valence electrons. The summed E-state index contributed by atoms with van der Waals surface area (Å²) < 4.78 is 2.02. The third kappa shape index (κ3) is 1.59. The average molecular weight is 227 g/mol. The Bertz CT molecular complexity index is 635. The van der Waals surface area contributed by atoms with Gasteiger partial charge in [-0.2, -0.15) is 0 Å². The second-order valence-corrected chi connectivity index (χ2v) is 4.93. The number of benzene rings is 1. The van der Waals surface area contributed by atoms with E-state index in [1.807, 2.05) is 29.7 Å². The summed E-state index contributed by atoms with van der Waals surface area (Å²) in [6.07, 6.45) is 3.24. The second kappa shape index (κ2) is 3.73. The molecule has 0 bridgehead atoms. The summed E-state index contributed by atoms with van der Waals surface area (Å²) in [6, 6.07) is 8.73. The molecule has 1 aliphatic rings. The minimum Gasteiger partial charge on any atom is -0.309 e. The summed E-state index contributed by atoms with van der Waals surface area (Å²) in [5.41, 5.74) is 2.47. The van der Waals surface area contributed by atoms with Gasteiger partial charge in [0.15, 0.2) is 0 Å². The van der Waals surface area contributed by atoms with Gasteiger partial charge in [0.05, 0.1) is 5.39 Å². The van der Waals surface area contributed by atoms with E-state index in [1.54, 1.807) is 0 Å². The molecule has 1 heterocycles. The lowest BCUT2D eigenvalue weighted by molar-refractivity contribution is 0.670. The lowest BCUT2D eigenvalue weighted by Gasteiger charge is -2.13. The van der Waals surface area contributed by atoms with Crippen LogP contribution in [0.3, 0.4) is 0 Å². The number of pyridine rings is 1. The first-order chi connectivity index (χ1) is 8.22. The monoisotopic (exact) mass is 227 g/mol. The number of nitrogens with zero attached hydrogens (tertiary/aromatic N) is 1. The Morgan fingerprint density at radius 3 is 2.76 bits per heavy atom. The maximum atomic E-state index is 12.6. The molecule has 0 N–H and O–H groups in total. The van der Waals surface area contributed by atoms with E-state index >= 15 is 0 Å². The van der Waals surface area contributed by atoms with Gasteiger partial charge in [0.25, 0.3) is 5.56 Å². The molecule has 1 aromatic carbocycles. The predicted molar refractivity (Wildman–Crippen MR) is 70.6 cm³/mol. The third-order valence-corrected chi connectivity index (χ3v) is 3.64. The molecule has 0 radical (unpaired) electrons. The van der Waals surface area contributed by atoms with E-state index in [-0.39, 0.29) is 5.56 Å². The first kappa shape index (κ1) is 10.6. The van der Waals surface area contributed by atoms with Gasteiger partial charge < -0.3 is 4.57 Å². The van der Waals surface area contributed by atoms with E-state index in [0.717, 1.165) is 35.6 Å². The Morgan fingerprint density at radius 2 is 2.12 bits per heavy atom. The molecule has 1 aliphatic carbocycles. The van der Waals surface area contributed by atoms with Crippen LogP contribution in [0.5, 0.6) is 0 Å². The van der Waals surface area contributed by atoms with Crippen molar-refractivity contribution in [3.63, 3.8) is 0 Å². The van der Waals surface area contributed by atoms with Crippen molar-refractivity contribution in [3.8, 4) is 0 Å². The smallest absolute Gasteiger partial charge is 0.259 e. The van der Waals surface area contributed by atoms with Crippen LogP contribution < -0.4 is 5.56 Å². The Balaban J connectivity index is 2.42. The Hall–Kier alpha value is -1.57. The van der Waals surface area contributed by atoms with Crippen LogP contribution in [0.1, 0.15) is 37.1 Å². The fraction of sp³-hybridized carbons (Fsp3) is 0.400. The van der Waals surface area contributed by atoms with E-state index in [0.29, 0.717) is 6.04 Å². The van der Waals surface area contributed by atoms with Crippen molar-refractivity contribution in [1.29, 1.82) is 0 Å². The fourth-order valence-corrected chi connectivity index (χ4v) is 2.61. The van der Waals surface area contributed by atoms with E-state index in [2.05, 4.69) is 13.0 Å². The van der Waals surface area contributed by atoms with E-state index < -0.39 is 0 Å². The maximum Gasteiger partial charge on any atom is 0.259 e. The SMILES string of the molecule is CCc1cc2cccc(C)c2c(=O)n1C1CC1. The zero-order chi connectivity index (χ0) is 12.0. The van der Waals surface area contributed by atoms with Crippen molar-refractivity contribution in [1.82, 2.24) is 4.57 Å². The zero-order valence-electron chi connectivity index (χ0n) is 10.4. The highest BCUT2D eigenvalue weighted by Gasteiger charge is 2.27. The molecular formula is C15H17NO. The molecule has 0 aliphatic heterocycles. The molecule has 2 aromatic rings. The topological polar surface area (TPSA) is 22.0 Å². The second-order valence-electron chi connectivity index (χ2n) is 4.93. The number of rotatable bonds is 2. The van der Waals surface area contributed by atoms with Crippen LogP contribution in [-0.2, 0) is 6.42 Å². The number of fused-ring (bicyclic) bond motifs is 1. The molecule has 1 aromatic heterocycles. The molecule has 0 saturated heterocycles. The van der Waals surface area contributed by atoms with E-state index in [1.165, 1.54) is 5.69 Å². The van der Waals surface area contributed by atoms with Crippen LogP contribution >= 0.6 is 0 Å². The van der Waals surface area contributed by atoms with Crippen LogP contribution in [-0.4, -0.2) is 4.57 Å². The Morgan fingerprint density at radius 1 is 1.35 bits per heavy atom. The minimum atomic E-state index is 0.208. The van der Waals surface area contributed by atoms with Crippen molar-refractivity contribution >= 4 is 10.8 Å². The van der Waals surface area contributed by atoms with Crippen molar-refractivity contribution in [2.45, 2.75) is 39.2 Å². The number of hydrogen-bond donors (Lipinski definition) is 0. The number of aryl methyl sites for hydroxylation is 2. The van der Waals surface area contributed by atoms with E-state index in [9.17, 15) is 4.79 Å². The van der Waals surface area contributed by atoms with Gasteiger partial charge in [-0.25, -0.2) is 0 Å². The van der Waals surface area contributed by atoms with Crippen molar-refractivity contribution < 1.29 is 0 Å². The first-order valence-corrected chi connectivity index (χ1v) is 6.36. The van der Waals surface area contributed by atoms with E-state index in [4.69, 9.17) is 0 Å². The molecule has 0 amide bonds. The lowest BCUT2D eigenvalue weighted by atomic mass is 10.1. The molecule has 0 atom stereocenters. The van der Waals surface area contributed by atoms with Gasteiger partial charge in [-0.15, -0.1) is 0 Å². The third-order valence-electron chi connectivity index (χ3n) is 3.64. The summed E-state index contributed by atoms with van der Waals surface area (Å²) in [5, 5.41) is 1.99. The standard InChI is InChI=1S/C15H17NO/c1-3-12-9-11-6-4-5-10(2)14(11)15(17)16(12)13-7-8-13/h4-6,9,13H,3,7-8H2,1-2H3. The minimum absolute atomic E-state index is 0.208. The molecule has 17 heavy (non-hydrogen) atoms.